The number of H-pyrrole nitrogens is 1. The van der Waals surface area contributed by atoms with Crippen molar-refractivity contribution in [1.29, 1.82) is 5.26 Å². The third-order valence-electron chi connectivity index (χ3n) is 8.36. The highest BCUT2D eigenvalue weighted by atomic mass is 16.4. The predicted molar refractivity (Wildman–Crippen MR) is 160 cm³/mol. The number of aliphatic carboxylic acids is 1. The number of piperidine rings is 1. The van der Waals surface area contributed by atoms with Gasteiger partial charge in [0.25, 0.3) is 0 Å². The Bertz CT molecular complexity index is 1310. The summed E-state index contributed by atoms with van der Waals surface area (Å²) < 4.78 is 0. The second-order valence-electron chi connectivity index (χ2n) is 11.4. The Balaban J connectivity index is 1.93. The number of likely N-dealkylation sites (tertiary alicyclic amines) is 1. The molecule has 2 aromatic rings. The molecule has 0 bridgehead atoms. The summed E-state index contributed by atoms with van der Waals surface area (Å²) in [6, 6.07) is 5.88. The van der Waals surface area contributed by atoms with Gasteiger partial charge >= 0.3 is 12.0 Å². The molecule has 1 saturated heterocycles. The number of urea groups is 1. The molecule has 0 aliphatic carbocycles. The number of nitriles is 1. The van der Waals surface area contributed by atoms with Gasteiger partial charge in [-0.3, -0.25) is 9.59 Å². The van der Waals surface area contributed by atoms with Crippen LogP contribution >= 0.6 is 0 Å². The quantitative estimate of drug-likeness (QED) is 0.256. The van der Waals surface area contributed by atoms with Gasteiger partial charge in [-0.2, -0.15) is 5.26 Å². The predicted octanol–water partition coefficient (Wildman–Crippen LogP) is 3.82. The lowest BCUT2D eigenvalue weighted by atomic mass is 9.95. The number of hydrogen-bond donors (Lipinski definition) is 5. The van der Waals surface area contributed by atoms with Crippen LogP contribution < -0.4 is 16.0 Å². The number of benzene rings is 1. The molecule has 0 radical (unpaired) electrons. The minimum atomic E-state index is -1.20. The first kappa shape index (κ1) is 32.4. The number of nitrogens with one attached hydrogen (secondary N) is 4. The van der Waals surface area contributed by atoms with E-state index in [4.69, 9.17) is 0 Å². The first-order valence-corrected chi connectivity index (χ1v) is 14.9. The number of carbonyl (C=O) groups excluding carboxylic acids is 3. The third kappa shape index (κ3) is 7.60. The largest absolute Gasteiger partial charge is 0.480 e. The van der Waals surface area contributed by atoms with Crippen LogP contribution in [0.25, 0.3) is 10.9 Å². The summed E-state index contributed by atoms with van der Waals surface area (Å²) in [5.41, 5.74) is 1.50. The van der Waals surface area contributed by atoms with Gasteiger partial charge in [-0.25, -0.2) is 9.59 Å². The number of rotatable bonds is 12. The van der Waals surface area contributed by atoms with Crippen LogP contribution in [0.5, 0.6) is 0 Å². The summed E-state index contributed by atoms with van der Waals surface area (Å²) in [4.78, 5) is 57.4. The standard InChI is InChI=1S/C31H44N6O5/c1-6-11-24(30(40)41)34-28(38)25(16-22-21-14-8-9-15-23(21)33-26(22)17-32)35-29(39)27(18(3)7-2)36-31(42)37-19(4)12-10-13-20(37)5/h8-9,14-15,18-20,24-25,27,33H,6-7,10-13,16H2,1-5H3,(H,34,38)(H,35,39)(H,36,42)(H,40,41). The van der Waals surface area contributed by atoms with Crippen LogP contribution in [0.15, 0.2) is 24.3 Å². The van der Waals surface area contributed by atoms with Gasteiger partial charge < -0.3 is 30.9 Å². The number of nitrogens with zero attached hydrogens (tertiary/aromatic N) is 2. The molecule has 6 atom stereocenters. The number of fused-ring (bicyclic) bond motifs is 1. The van der Waals surface area contributed by atoms with Gasteiger partial charge in [0.2, 0.25) is 11.8 Å². The smallest absolute Gasteiger partial charge is 0.326 e. The lowest BCUT2D eigenvalue weighted by molar-refractivity contribution is -0.142. The zero-order valence-electron chi connectivity index (χ0n) is 25.2. The van der Waals surface area contributed by atoms with E-state index in [1.807, 2.05) is 58.9 Å². The van der Waals surface area contributed by atoms with Gasteiger partial charge in [0, 0.05) is 29.4 Å². The van der Waals surface area contributed by atoms with E-state index in [0.717, 1.165) is 24.6 Å². The molecule has 1 aliphatic heterocycles. The van der Waals surface area contributed by atoms with Gasteiger partial charge in [-0.1, -0.05) is 51.8 Å². The zero-order valence-corrected chi connectivity index (χ0v) is 25.2. The average Bonchev–Trinajstić information content (AvgIpc) is 3.31. The number of para-hydroxylation sites is 1. The Kier molecular flexibility index (Phi) is 11.4. The Labute approximate surface area is 247 Å². The van der Waals surface area contributed by atoms with Crippen molar-refractivity contribution in [3.8, 4) is 6.07 Å². The summed E-state index contributed by atoms with van der Waals surface area (Å²) in [5, 5.41) is 28.5. The van der Waals surface area contributed by atoms with E-state index in [2.05, 4.69) is 27.0 Å². The molecule has 228 valence electrons. The number of amides is 4. The Morgan fingerprint density at radius 2 is 1.69 bits per heavy atom. The molecule has 2 heterocycles. The maximum absolute atomic E-state index is 13.8. The van der Waals surface area contributed by atoms with Crippen LogP contribution in [0, 0.1) is 17.2 Å². The number of aromatic nitrogens is 1. The molecule has 1 aromatic carbocycles. The van der Waals surface area contributed by atoms with Gasteiger partial charge in [0.05, 0.1) is 0 Å². The summed E-state index contributed by atoms with van der Waals surface area (Å²) in [6.45, 7) is 9.59. The molecular weight excluding hydrogens is 536 g/mol. The Morgan fingerprint density at radius 3 is 2.29 bits per heavy atom. The van der Waals surface area contributed by atoms with Crippen LogP contribution in [0.3, 0.4) is 0 Å². The van der Waals surface area contributed by atoms with Crippen molar-refractivity contribution >= 4 is 34.7 Å². The zero-order chi connectivity index (χ0) is 31.0. The Morgan fingerprint density at radius 1 is 1.05 bits per heavy atom. The highest BCUT2D eigenvalue weighted by Gasteiger charge is 2.35. The maximum atomic E-state index is 13.8. The summed E-state index contributed by atoms with van der Waals surface area (Å²) in [5.74, 6) is -2.64. The summed E-state index contributed by atoms with van der Waals surface area (Å²) in [7, 11) is 0. The number of hydrogen-bond acceptors (Lipinski definition) is 5. The molecule has 5 N–H and O–H groups in total. The highest BCUT2D eigenvalue weighted by molar-refractivity contribution is 5.94. The maximum Gasteiger partial charge on any atom is 0.326 e. The van der Waals surface area contributed by atoms with Crippen LogP contribution in [-0.2, 0) is 20.8 Å². The van der Waals surface area contributed by atoms with E-state index < -0.39 is 35.9 Å². The Hall–Kier alpha value is -4.07. The third-order valence-corrected chi connectivity index (χ3v) is 8.36. The van der Waals surface area contributed by atoms with Crippen molar-refractivity contribution in [3.63, 3.8) is 0 Å². The van der Waals surface area contributed by atoms with Crippen molar-refractivity contribution in [3.05, 3.63) is 35.5 Å². The van der Waals surface area contributed by atoms with Gasteiger partial charge in [0.1, 0.15) is 29.9 Å². The minimum absolute atomic E-state index is 0.0331. The molecule has 0 saturated carbocycles. The monoisotopic (exact) mass is 580 g/mol. The summed E-state index contributed by atoms with van der Waals surface area (Å²) in [6.07, 6.45) is 4.10. The number of aromatic amines is 1. The van der Waals surface area contributed by atoms with Crippen LogP contribution in [-0.4, -0.2) is 69.0 Å². The van der Waals surface area contributed by atoms with Crippen LogP contribution in [0.2, 0.25) is 0 Å². The molecule has 1 aromatic heterocycles. The lowest BCUT2D eigenvalue weighted by Crippen LogP contribution is -2.60. The molecule has 42 heavy (non-hydrogen) atoms. The van der Waals surface area contributed by atoms with E-state index in [9.17, 15) is 29.5 Å². The second kappa shape index (κ2) is 14.7. The number of carboxylic acid groups (broad SMARTS) is 1. The van der Waals surface area contributed by atoms with E-state index >= 15 is 0 Å². The van der Waals surface area contributed by atoms with Gasteiger partial charge in [0.15, 0.2) is 0 Å². The van der Waals surface area contributed by atoms with Gasteiger partial charge in [-0.15, -0.1) is 0 Å². The van der Waals surface area contributed by atoms with Crippen LogP contribution in [0.4, 0.5) is 4.79 Å². The number of carbonyl (C=O) groups is 4. The fraction of sp³-hybridized carbons (Fsp3) is 0.581. The van der Waals surface area contributed by atoms with E-state index in [1.165, 1.54) is 0 Å². The van der Waals surface area contributed by atoms with Crippen molar-refractivity contribution in [2.24, 2.45) is 5.92 Å². The molecule has 1 aliphatic rings. The SMILES string of the molecule is CCCC(NC(=O)C(Cc1c(C#N)[nH]c2ccccc12)NC(=O)C(NC(=O)N1C(C)CCCC1C)C(C)CC)C(=O)O. The molecule has 3 rings (SSSR count). The fourth-order valence-corrected chi connectivity index (χ4v) is 5.73. The summed E-state index contributed by atoms with van der Waals surface area (Å²) >= 11 is 0. The molecule has 4 amide bonds. The normalized spacial score (nSPS) is 19.7. The van der Waals surface area contributed by atoms with Crippen molar-refractivity contribution in [1.82, 2.24) is 25.8 Å². The lowest BCUT2D eigenvalue weighted by Gasteiger charge is -2.40. The highest BCUT2D eigenvalue weighted by Crippen LogP contribution is 2.25. The first-order chi connectivity index (χ1) is 20.0. The minimum Gasteiger partial charge on any atom is -0.480 e. The average molecular weight is 581 g/mol. The van der Waals surface area contributed by atoms with Crippen LogP contribution in [0.1, 0.15) is 84.4 Å². The molecule has 1 fully saturated rings. The van der Waals surface area contributed by atoms with E-state index in [0.29, 0.717) is 23.9 Å². The van der Waals surface area contributed by atoms with Crippen molar-refractivity contribution < 1.29 is 24.3 Å². The molecule has 6 unspecified atom stereocenters. The molecule has 11 heteroatoms. The fourth-order valence-electron chi connectivity index (χ4n) is 5.73. The molecular formula is C31H44N6O5. The first-order valence-electron chi connectivity index (χ1n) is 14.9. The second-order valence-corrected chi connectivity index (χ2v) is 11.4. The topological polar surface area (TPSA) is 167 Å². The van der Waals surface area contributed by atoms with Crippen molar-refractivity contribution in [2.45, 2.75) is 110 Å². The van der Waals surface area contributed by atoms with Gasteiger partial charge in [-0.05, 0) is 57.1 Å². The van der Waals surface area contributed by atoms with E-state index in [-0.39, 0.29) is 42.6 Å². The molecule has 11 nitrogen and oxygen atoms in total. The molecule has 0 spiro atoms. The number of carboxylic acids is 1. The van der Waals surface area contributed by atoms with E-state index in [1.54, 1.807) is 4.90 Å². The van der Waals surface area contributed by atoms with Crippen molar-refractivity contribution in [2.75, 3.05) is 0 Å².